The quantitative estimate of drug-likeness (QED) is 0.238. The minimum Gasteiger partial charge on any atom is -0.858 e. The van der Waals surface area contributed by atoms with Gasteiger partial charge in [-0.05, 0) is 65.1 Å². The second-order valence-electron chi connectivity index (χ2n) is 6.98. The van der Waals surface area contributed by atoms with E-state index in [4.69, 9.17) is 21.7 Å². The van der Waals surface area contributed by atoms with Gasteiger partial charge in [0.1, 0.15) is 18.7 Å². The van der Waals surface area contributed by atoms with Crippen LogP contribution in [-0.4, -0.2) is 17.2 Å². The maximum atomic E-state index is 12.5. The van der Waals surface area contributed by atoms with E-state index in [1.54, 1.807) is 42.5 Å². The third-order valence-electron chi connectivity index (χ3n) is 4.80. The van der Waals surface area contributed by atoms with E-state index in [0.29, 0.717) is 28.5 Å². The highest BCUT2D eigenvalue weighted by Gasteiger charge is 2.05. The average molecular weight is 441 g/mol. The van der Waals surface area contributed by atoms with Crippen LogP contribution in [0.5, 0.6) is 5.75 Å². The van der Waals surface area contributed by atoms with Crippen molar-refractivity contribution in [2.45, 2.75) is 6.61 Å². The Balaban J connectivity index is 1.53. The number of hydrogen-bond acceptors (Lipinski definition) is 4. The standard InChI is InChI=1S/C26H20ClN3O2/c27-21-10-5-18(6-11-21)15-24(26(31)29-17-28)19-8-13-23(14-9-19)32-16-22-12-7-20-3-1-2-4-25(20)30-22/h1-15,17H,16H2,(H2,28,29,31)/p-1/b24-15+. The molecule has 158 valence electrons. The first-order chi connectivity index (χ1) is 15.6. The van der Waals surface area contributed by atoms with Gasteiger partial charge < -0.3 is 9.84 Å². The van der Waals surface area contributed by atoms with E-state index in [9.17, 15) is 5.11 Å². The minimum absolute atomic E-state index is 0.333. The molecule has 0 aliphatic heterocycles. The van der Waals surface area contributed by atoms with Gasteiger partial charge in [0, 0.05) is 10.4 Å². The summed E-state index contributed by atoms with van der Waals surface area (Å²) in [5.74, 6) is 0.162. The summed E-state index contributed by atoms with van der Waals surface area (Å²) in [5, 5.41) is 21.3. The van der Waals surface area contributed by atoms with Crippen LogP contribution in [0.4, 0.5) is 0 Å². The predicted molar refractivity (Wildman–Crippen MR) is 128 cm³/mol. The molecule has 0 aliphatic carbocycles. The fourth-order valence-corrected chi connectivity index (χ4v) is 3.32. The van der Waals surface area contributed by atoms with Crippen molar-refractivity contribution in [3.8, 4) is 5.75 Å². The highest BCUT2D eigenvalue weighted by Crippen LogP contribution is 2.23. The third kappa shape index (κ3) is 5.20. The number of halogens is 1. The van der Waals surface area contributed by atoms with Crippen molar-refractivity contribution in [1.29, 1.82) is 5.41 Å². The summed E-state index contributed by atoms with van der Waals surface area (Å²) < 4.78 is 5.87. The van der Waals surface area contributed by atoms with Crippen molar-refractivity contribution in [2.24, 2.45) is 4.99 Å². The largest absolute Gasteiger partial charge is 0.858 e. The van der Waals surface area contributed by atoms with Gasteiger partial charge in [0.2, 0.25) is 0 Å². The Kier molecular flexibility index (Phi) is 6.58. The zero-order chi connectivity index (χ0) is 22.3. The molecule has 0 saturated heterocycles. The smallest absolute Gasteiger partial charge is 0.130 e. The Bertz CT molecular complexity index is 1300. The lowest BCUT2D eigenvalue weighted by Crippen LogP contribution is -2.19. The van der Waals surface area contributed by atoms with Crippen LogP contribution in [0.15, 0.2) is 89.9 Å². The number of aromatic nitrogens is 1. The van der Waals surface area contributed by atoms with Gasteiger partial charge in [-0.3, -0.25) is 10.4 Å². The molecular formula is C26H19ClN3O2-. The molecule has 1 heterocycles. The molecule has 0 aliphatic rings. The van der Waals surface area contributed by atoms with E-state index in [1.165, 1.54) is 0 Å². The van der Waals surface area contributed by atoms with Crippen LogP contribution >= 0.6 is 11.6 Å². The second kappa shape index (κ2) is 9.90. The van der Waals surface area contributed by atoms with Crippen LogP contribution in [0.3, 0.4) is 0 Å². The van der Waals surface area contributed by atoms with Crippen LogP contribution in [0, 0.1) is 5.41 Å². The molecule has 0 spiro atoms. The highest BCUT2D eigenvalue weighted by atomic mass is 35.5. The first kappa shape index (κ1) is 21.3. The van der Waals surface area contributed by atoms with Crippen molar-refractivity contribution < 1.29 is 9.84 Å². The van der Waals surface area contributed by atoms with Crippen LogP contribution in [0.2, 0.25) is 5.02 Å². The van der Waals surface area contributed by atoms with Gasteiger partial charge in [0.25, 0.3) is 0 Å². The van der Waals surface area contributed by atoms with E-state index in [0.717, 1.165) is 28.5 Å². The van der Waals surface area contributed by atoms with E-state index in [1.807, 2.05) is 48.5 Å². The number of hydrogen-bond donors (Lipinski definition) is 1. The second-order valence-corrected chi connectivity index (χ2v) is 7.42. The number of nitrogens with one attached hydrogen (secondary N) is 1. The molecule has 0 bridgehead atoms. The van der Waals surface area contributed by atoms with Crippen molar-refractivity contribution in [3.05, 3.63) is 107 Å². The maximum absolute atomic E-state index is 12.5. The van der Waals surface area contributed by atoms with E-state index < -0.39 is 5.90 Å². The molecular weight excluding hydrogens is 422 g/mol. The molecule has 0 fully saturated rings. The first-order valence-corrected chi connectivity index (χ1v) is 10.3. The summed E-state index contributed by atoms with van der Waals surface area (Å²) in [4.78, 5) is 8.22. The van der Waals surface area contributed by atoms with Crippen LogP contribution in [0.1, 0.15) is 16.8 Å². The van der Waals surface area contributed by atoms with Crippen molar-refractivity contribution in [3.63, 3.8) is 0 Å². The normalized spacial score (nSPS) is 12.0. The minimum atomic E-state index is -0.496. The number of para-hydroxylation sites is 1. The lowest BCUT2D eigenvalue weighted by atomic mass is 10.0. The molecule has 1 N–H and O–H groups in total. The number of aliphatic imine (C=N–C) groups is 1. The number of rotatable bonds is 7. The summed E-state index contributed by atoms with van der Waals surface area (Å²) in [6, 6.07) is 26.2. The number of fused-ring (bicyclic) bond motifs is 1. The monoisotopic (exact) mass is 440 g/mol. The molecule has 1 aromatic heterocycles. The molecule has 4 aromatic rings. The third-order valence-corrected chi connectivity index (χ3v) is 5.05. The topological polar surface area (TPSA) is 81.4 Å². The molecule has 32 heavy (non-hydrogen) atoms. The lowest BCUT2D eigenvalue weighted by molar-refractivity contribution is -0.210. The fraction of sp³-hybridized carbons (Fsp3) is 0.0385. The summed E-state index contributed by atoms with van der Waals surface area (Å²) >= 11 is 5.94. The fourth-order valence-electron chi connectivity index (χ4n) is 3.20. The molecule has 3 aromatic carbocycles. The van der Waals surface area contributed by atoms with Gasteiger partial charge in [-0.2, -0.15) is 0 Å². The predicted octanol–water partition coefficient (Wildman–Crippen LogP) is 5.37. The van der Waals surface area contributed by atoms with Crippen LogP contribution < -0.4 is 9.84 Å². The Morgan fingerprint density at radius 3 is 2.47 bits per heavy atom. The Morgan fingerprint density at radius 1 is 0.969 bits per heavy atom. The van der Waals surface area contributed by atoms with Gasteiger partial charge >= 0.3 is 0 Å². The Labute approximate surface area is 190 Å². The molecule has 4 rings (SSSR count). The first-order valence-electron chi connectivity index (χ1n) is 9.92. The number of nitrogens with zero attached hydrogens (tertiary/aromatic N) is 2. The number of pyridine rings is 1. The average Bonchev–Trinajstić information content (AvgIpc) is 2.83. The van der Waals surface area contributed by atoms with E-state index >= 15 is 0 Å². The zero-order valence-corrected chi connectivity index (χ0v) is 17.8. The van der Waals surface area contributed by atoms with Gasteiger partial charge in [-0.15, -0.1) is 0 Å². The Morgan fingerprint density at radius 2 is 1.72 bits per heavy atom. The summed E-state index contributed by atoms with van der Waals surface area (Å²) in [6.07, 6.45) is 2.46. The molecule has 0 atom stereocenters. The number of benzene rings is 3. The van der Waals surface area contributed by atoms with Gasteiger partial charge in [-0.25, -0.2) is 4.98 Å². The summed E-state index contributed by atoms with van der Waals surface area (Å²) in [6.45, 7) is 0.333. The lowest BCUT2D eigenvalue weighted by Gasteiger charge is -2.15. The van der Waals surface area contributed by atoms with E-state index in [2.05, 4.69) is 9.98 Å². The zero-order valence-electron chi connectivity index (χ0n) is 17.0. The molecule has 0 unspecified atom stereocenters. The van der Waals surface area contributed by atoms with Gasteiger partial charge in [-0.1, -0.05) is 60.1 Å². The van der Waals surface area contributed by atoms with Crippen molar-refractivity contribution >= 4 is 46.4 Å². The Hall–Kier alpha value is -3.96. The number of ether oxygens (including phenoxy) is 1. The van der Waals surface area contributed by atoms with Gasteiger partial charge in [0.05, 0.1) is 11.2 Å². The van der Waals surface area contributed by atoms with Crippen LogP contribution in [-0.2, 0) is 6.61 Å². The van der Waals surface area contributed by atoms with Crippen molar-refractivity contribution in [2.75, 3.05) is 0 Å². The molecule has 0 amide bonds. The molecule has 0 saturated carbocycles. The summed E-state index contributed by atoms with van der Waals surface area (Å²) in [7, 11) is 0. The summed E-state index contributed by atoms with van der Waals surface area (Å²) in [5.41, 5.74) is 3.61. The van der Waals surface area contributed by atoms with E-state index in [-0.39, 0.29) is 0 Å². The molecule has 5 nitrogen and oxygen atoms in total. The van der Waals surface area contributed by atoms with Crippen LogP contribution in [0.25, 0.3) is 22.6 Å². The van der Waals surface area contributed by atoms with Crippen molar-refractivity contribution in [1.82, 2.24) is 4.98 Å². The van der Waals surface area contributed by atoms with Gasteiger partial charge in [0.15, 0.2) is 0 Å². The SMILES string of the molecule is N=CN=C([O-])/C(=C/c1ccc(Cl)cc1)c1ccc(OCc2ccc3ccccc3n2)cc1. The molecule has 6 heteroatoms. The molecule has 0 radical (unpaired) electrons. The highest BCUT2D eigenvalue weighted by molar-refractivity contribution is 6.30. The maximum Gasteiger partial charge on any atom is 0.130 e.